The van der Waals surface area contributed by atoms with Crippen LogP contribution in [0.25, 0.3) is 10.8 Å². The zero-order chi connectivity index (χ0) is 14.8. The van der Waals surface area contributed by atoms with Gasteiger partial charge in [-0.1, -0.05) is 28.1 Å². The lowest BCUT2D eigenvalue weighted by molar-refractivity contribution is 0.275. The molecular weight excluding hydrogens is 398 g/mol. The largest absolute Gasteiger partial charge is 0.439 e. The van der Waals surface area contributed by atoms with Crippen molar-refractivity contribution in [2.75, 3.05) is 0 Å². The van der Waals surface area contributed by atoms with Gasteiger partial charge >= 0.3 is 0 Å². The Kier molecular flexibility index (Phi) is 4.24. The third-order valence-corrected chi connectivity index (χ3v) is 3.98. The molecule has 1 heterocycles. The normalized spacial score (nSPS) is 10.8. The zero-order valence-electron chi connectivity index (χ0n) is 10.9. The molecule has 3 aromatic rings. The Morgan fingerprint density at radius 2 is 1.71 bits per heavy atom. The average molecular weight is 409 g/mol. The van der Waals surface area contributed by atoms with Crippen LogP contribution in [-0.4, -0.2) is 10.1 Å². The van der Waals surface area contributed by atoms with E-state index in [4.69, 9.17) is 4.74 Å². The van der Waals surface area contributed by atoms with E-state index in [2.05, 4.69) is 42.9 Å². The first-order valence-corrected chi connectivity index (χ1v) is 7.87. The number of pyridine rings is 1. The Morgan fingerprint density at radius 3 is 2.52 bits per heavy atom. The molecular formula is C16H11Br2NO2. The second-order valence-corrected chi connectivity index (χ2v) is 6.36. The molecule has 0 atom stereocenters. The Morgan fingerprint density at radius 1 is 0.952 bits per heavy atom. The Hall–Kier alpha value is -1.43. The van der Waals surface area contributed by atoms with Gasteiger partial charge in [0.05, 0.1) is 6.61 Å². The molecule has 21 heavy (non-hydrogen) atoms. The number of nitrogens with zero attached hydrogens (tertiary/aromatic N) is 1. The topological polar surface area (TPSA) is 42.4 Å². The maximum atomic E-state index is 9.38. The summed E-state index contributed by atoms with van der Waals surface area (Å²) in [6.45, 7) is -0.123. The van der Waals surface area contributed by atoms with Crippen LogP contribution in [0.4, 0.5) is 0 Å². The number of aliphatic hydroxyl groups is 1. The highest BCUT2D eigenvalue weighted by Gasteiger charge is 2.07. The van der Waals surface area contributed by atoms with Crippen molar-refractivity contribution in [3.05, 3.63) is 63.2 Å². The Bertz CT molecular complexity index is 805. The standard InChI is InChI=1S/C16H11Br2NO2/c17-13-3-1-11-7-15(4-2-10(11)5-13)21-16-12(9-20)6-14(18)8-19-16/h1-8,20H,9H2. The first-order valence-electron chi connectivity index (χ1n) is 6.28. The van der Waals surface area contributed by atoms with Crippen LogP contribution in [-0.2, 0) is 6.61 Å². The summed E-state index contributed by atoms with van der Waals surface area (Å²) in [6.07, 6.45) is 1.65. The van der Waals surface area contributed by atoms with Gasteiger partial charge in [0.2, 0.25) is 5.88 Å². The van der Waals surface area contributed by atoms with Crippen LogP contribution in [0.1, 0.15) is 5.56 Å². The molecule has 1 N–H and O–H groups in total. The number of hydrogen-bond donors (Lipinski definition) is 1. The molecule has 0 spiro atoms. The number of rotatable bonds is 3. The molecule has 0 saturated heterocycles. The molecule has 3 rings (SSSR count). The lowest BCUT2D eigenvalue weighted by Crippen LogP contribution is -1.95. The van der Waals surface area contributed by atoms with Gasteiger partial charge in [-0.05, 0) is 57.0 Å². The highest BCUT2D eigenvalue weighted by atomic mass is 79.9. The molecule has 0 radical (unpaired) electrons. The Labute approximate surface area is 138 Å². The minimum atomic E-state index is -0.123. The summed E-state index contributed by atoms with van der Waals surface area (Å²) in [4.78, 5) is 4.20. The lowest BCUT2D eigenvalue weighted by Gasteiger charge is -2.09. The smallest absolute Gasteiger partial charge is 0.224 e. The van der Waals surface area contributed by atoms with E-state index in [9.17, 15) is 5.11 Å². The highest BCUT2D eigenvalue weighted by Crippen LogP contribution is 2.29. The van der Waals surface area contributed by atoms with E-state index in [1.54, 1.807) is 12.3 Å². The van der Waals surface area contributed by atoms with E-state index in [-0.39, 0.29) is 6.61 Å². The van der Waals surface area contributed by atoms with Crippen molar-refractivity contribution in [1.29, 1.82) is 0 Å². The molecule has 0 fully saturated rings. The van der Waals surface area contributed by atoms with Gasteiger partial charge in [-0.25, -0.2) is 4.98 Å². The summed E-state index contributed by atoms with van der Waals surface area (Å²) >= 11 is 6.79. The maximum absolute atomic E-state index is 9.38. The molecule has 0 amide bonds. The van der Waals surface area contributed by atoms with E-state index < -0.39 is 0 Å². The van der Waals surface area contributed by atoms with Gasteiger partial charge in [-0.3, -0.25) is 0 Å². The van der Waals surface area contributed by atoms with Crippen LogP contribution in [0, 0.1) is 0 Å². The van der Waals surface area contributed by atoms with Crippen molar-refractivity contribution >= 4 is 42.6 Å². The van der Waals surface area contributed by atoms with Crippen molar-refractivity contribution in [3.63, 3.8) is 0 Å². The van der Waals surface area contributed by atoms with E-state index in [1.165, 1.54) is 0 Å². The van der Waals surface area contributed by atoms with Gasteiger partial charge in [0.1, 0.15) is 5.75 Å². The molecule has 0 aliphatic rings. The SMILES string of the molecule is OCc1cc(Br)cnc1Oc1ccc2cc(Br)ccc2c1. The number of fused-ring (bicyclic) bond motifs is 1. The summed E-state index contributed by atoms with van der Waals surface area (Å²) in [5, 5.41) is 11.6. The van der Waals surface area contributed by atoms with Crippen molar-refractivity contribution in [2.24, 2.45) is 0 Å². The summed E-state index contributed by atoms with van der Waals surface area (Å²) in [6, 6.07) is 13.7. The van der Waals surface area contributed by atoms with Crippen LogP contribution in [0.15, 0.2) is 57.6 Å². The minimum absolute atomic E-state index is 0.123. The molecule has 106 valence electrons. The number of halogens is 2. The maximum Gasteiger partial charge on any atom is 0.224 e. The number of hydrogen-bond acceptors (Lipinski definition) is 3. The van der Waals surface area contributed by atoms with Gasteiger partial charge in [-0.15, -0.1) is 0 Å². The molecule has 0 unspecified atom stereocenters. The summed E-state index contributed by atoms with van der Waals surface area (Å²) in [5.41, 5.74) is 0.639. The number of aliphatic hydroxyl groups excluding tert-OH is 1. The quantitative estimate of drug-likeness (QED) is 0.659. The molecule has 0 aliphatic carbocycles. The fourth-order valence-corrected chi connectivity index (χ4v) is 2.80. The molecule has 3 nitrogen and oxygen atoms in total. The number of benzene rings is 2. The zero-order valence-corrected chi connectivity index (χ0v) is 14.1. The van der Waals surface area contributed by atoms with E-state index >= 15 is 0 Å². The second-order valence-electron chi connectivity index (χ2n) is 4.53. The van der Waals surface area contributed by atoms with Crippen LogP contribution < -0.4 is 4.74 Å². The first-order chi connectivity index (χ1) is 10.2. The van der Waals surface area contributed by atoms with Gasteiger partial charge in [0.25, 0.3) is 0 Å². The predicted molar refractivity (Wildman–Crippen MR) is 89.6 cm³/mol. The van der Waals surface area contributed by atoms with Gasteiger partial charge < -0.3 is 9.84 Å². The lowest BCUT2D eigenvalue weighted by atomic mass is 10.1. The van der Waals surface area contributed by atoms with Gasteiger partial charge in [0.15, 0.2) is 0 Å². The third kappa shape index (κ3) is 3.26. The second kappa shape index (κ2) is 6.13. The monoisotopic (exact) mass is 407 g/mol. The van der Waals surface area contributed by atoms with E-state index in [1.807, 2.05) is 30.3 Å². The van der Waals surface area contributed by atoms with Crippen LogP contribution in [0.3, 0.4) is 0 Å². The highest BCUT2D eigenvalue weighted by molar-refractivity contribution is 9.10. The summed E-state index contributed by atoms with van der Waals surface area (Å²) < 4.78 is 7.64. The van der Waals surface area contributed by atoms with Crippen LogP contribution in [0.2, 0.25) is 0 Å². The van der Waals surface area contributed by atoms with Gasteiger partial charge in [-0.2, -0.15) is 0 Å². The fraction of sp³-hybridized carbons (Fsp3) is 0.0625. The van der Waals surface area contributed by atoms with Crippen LogP contribution in [0.5, 0.6) is 11.6 Å². The molecule has 1 aromatic heterocycles. The van der Waals surface area contributed by atoms with E-state index in [0.717, 1.165) is 19.7 Å². The van der Waals surface area contributed by atoms with Crippen molar-refractivity contribution in [3.8, 4) is 11.6 Å². The van der Waals surface area contributed by atoms with E-state index in [0.29, 0.717) is 17.2 Å². The molecule has 0 aliphatic heterocycles. The molecule has 2 aromatic carbocycles. The first kappa shape index (κ1) is 14.5. The van der Waals surface area contributed by atoms with Crippen molar-refractivity contribution < 1.29 is 9.84 Å². The number of aromatic nitrogens is 1. The average Bonchev–Trinajstić information content (AvgIpc) is 2.49. The molecule has 5 heteroatoms. The minimum Gasteiger partial charge on any atom is -0.439 e. The fourth-order valence-electron chi connectivity index (χ4n) is 2.04. The van der Waals surface area contributed by atoms with Crippen LogP contribution >= 0.6 is 31.9 Å². The predicted octanol–water partition coefficient (Wildman–Crippen LogP) is 5.04. The van der Waals surface area contributed by atoms with Gasteiger partial charge in [0, 0.05) is 20.7 Å². The Balaban J connectivity index is 1.96. The summed E-state index contributed by atoms with van der Waals surface area (Å²) in [5.74, 6) is 1.10. The van der Waals surface area contributed by atoms with Crippen molar-refractivity contribution in [1.82, 2.24) is 4.98 Å². The molecule has 0 bridgehead atoms. The summed E-state index contributed by atoms with van der Waals surface area (Å²) in [7, 11) is 0. The van der Waals surface area contributed by atoms with Crippen molar-refractivity contribution in [2.45, 2.75) is 6.61 Å². The number of ether oxygens (including phenoxy) is 1. The molecule has 0 saturated carbocycles. The third-order valence-electron chi connectivity index (χ3n) is 3.05.